The van der Waals surface area contributed by atoms with Gasteiger partial charge in [-0.3, -0.25) is 4.79 Å². The van der Waals surface area contributed by atoms with Crippen LogP contribution in [0.2, 0.25) is 0 Å². The lowest BCUT2D eigenvalue weighted by atomic mass is 10.0. The molecule has 0 heterocycles. The fourth-order valence-corrected chi connectivity index (χ4v) is 2.71. The van der Waals surface area contributed by atoms with Crippen LogP contribution in [0.25, 0.3) is 6.08 Å². The van der Waals surface area contributed by atoms with Crippen molar-refractivity contribution in [1.29, 1.82) is 0 Å². The number of ketones is 1. The number of Topliss-reactive ketones (excluding diaryl/α,β-unsaturated/α-hetero) is 1. The SMILES string of the molecule is O=C(C/C=C/c1ccccc1C(F)(F)F)CCCc1cccc(C(F)(F)F)c1. The van der Waals surface area contributed by atoms with E-state index >= 15 is 0 Å². The maximum atomic E-state index is 12.9. The summed E-state index contributed by atoms with van der Waals surface area (Å²) in [6.45, 7) is 0. The van der Waals surface area contributed by atoms with E-state index in [1.165, 1.54) is 36.4 Å². The van der Waals surface area contributed by atoms with Gasteiger partial charge in [0.2, 0.25) is 0 Å². The lowest BCUT2D eigenvalue weighted by Crippen LogP contribution is -2.06. The van der Waals surface area contributed by atoms with Crippen LogP contribution in [0.15, 0.2) is 54.6 Å². The quantitative estimate of drug-likeness (QED) is 0.472. The predicted octanol–water partition coefficient (Wildman–Crippen LogP) is 6.72. The second-order valence-corrected chi connectivity index (χ2v) is 6.28. The number of carbonyl (C=O) groups is 1. The largest absolute Gasteiger partial charge is 0.416 e. The molecule has 0 saturated carbocycles. The second-order valence-electron chi connectivity index (χ2n) is 6.28. The van der Waals surface area contributed by atoms with E-state index in [-0.39, 0.29) is 24.2 Å². The van der Waals surface area contributed by atoms with Gasteiger partial charge in [-0.2, -0.15) is 26.3 Å². The van der Waals surface area contributed by atoms with E-state index in [1.807, 2.05) is 0 Å². The third-order valence-corrected chi connectivity index (χ3v) is 4.08. The maximum absolute atomic E-state index is 12.9. The van der Waals surface area contributed by atoms with Gasteiger partial charge in [-0.1, -0.05) is 48.6 Å². The van der Waals surface area contributed by atoms with Crippen molar-refractivity contribution in [3.8, 4) is 0 Å². The highest BCUT2D eigenvalue weighted by Gasteiger charge is 2.32. The van der Waals surface area contributed by atoms with Crippen LogP contribution in [-0.2, 0) is 23.6 Å². The van der Waals surface area contributed by atoms with Crippen molar-refractivity contribution in [2.75, 3.05) is 0 Å². The van der Waals surface area contributed by atoms with E-state index in [9.17, 15) is 31.1 Å². The zero-order valence-electron chi connectivity index (χ0n) is 14.8. The maximum Gasteiger partial charge on any atom is 0.416 e. The standard InChI is InChI=1S/C21H18F6O/c22-20(23,24)17-10-3-6-15(14-17)7-4-11-18(28)12-5-9-16-8-1-2-13-19(16)21(25,26)27/h1-3,5-6,8-10,13-14H,4,7,11-12H2/b9-5+. The molecule has 28 heavy (non-hydrogen) atoms. The Hall–Kier alpha value is -2.57. The Morgan fingerprint density at radius 3 is 2.29 bits per heavy atom. The molecule has 0 N–H and O–H groups in total. The molecular weight excluding hydrogens is 382 g/mol. The van der Waals surface area contributed by atoms with Gasteiger partial charge in [-0.15, -0.1) is 0 Å². The summed E-state index contributed by atoms with van der Waals surface area (Å²) in [5.41, 5.74) is -1.05. The van der Waals surface area contributed by atoms with Crippen molar-refractivity contribution in [3.05, 3.63) is 76.9 Å². The number of alkyl halides is 6. The molecule has 0 radical (unpaired) electrons. The van der Waals surface area contributed by atoms with E-state index in [1.54, 1.807) is 6.07 Å². The van der Waals surface area contributed by atoms with Crippen molar-refractivity contribution < 1.29 is 31.1 Å². The minimum atomic E-state index is -4.48. The number of hydrogen-bond donors (Lipinski definition) is 0. The summed E-state index contributed by atoms with van der Waals surface area (Å²) in [7, 11) is 0. The van der Waals surface area contributed by atoms with Crippen LogP contribution in [0.4, 0.5) is 26.3 Å². The average molecular weight is 400 g/mol. The molecule has 2 aromatic carbocycles. The molecule has 2 aromatic rings. The van der Waals surface area contributed by atoms with Crippen molar-refractivity contribution in [2.24, 2.45) is 0 Å². The Bertz CT molecular complexity index is 833. The van der Waals surface area contributed by atoms with Crippen LogP contribution in [0.1, 0.15) is 41.5 Å². The highest BCUT2D eigenvalue weighted by Crippen LogP contribution is 2.32. The molecule has 0 aliphatic heterocycles. The molecule has 0 aromatic heterocycles. The normalized spacial score (nSPS) is 12.5. The Morgan fingerprint density at radius 2 is 1.61 bits per heavy atom. The van der Waals surface area contributed by atoms with Gasteiger partial charge in [0.25, 0.3) is 0 Å². The molecule has 1 nitrogen and oxygen atoms in total. The van der Waals surface area contributed by atoms with Gasteiger partial charge in [-0.25, -0.2) is 0 Å². The van der Waals surface area contributed by atoms with Gasteiger partial charge in [0.05, 0.1) is 11.1 Å². The van der Waals surface area contributed by atoms with E-state index < -0.39 is 23.5 Å². The minimum absolute atomic E-state index is 0.0215. The summed E-state index contributed by atoms with van der Waals surface area (Å²) in [6, 6.07) is 9.98. The van der Waals surface area contributed by atoms with Gasteiger partial charge in [-0.05, 0) is 36.1 Å². The van der Waals surface area contributed by atoms with E-state index in [2.05, 4.69) is 0 Å². The second kappa shape index (κ2) is 9.08. The summed E-state index contributed by atoms with van der Waals surface area (Å²) < 4.78 is 76.7. The van der Waals surface area contributed by atoms with Crippen LogP contribution < -0.4 is 0 Å². The Kier molecular flexibility index (Phi) is 7.05. The number of rotatable bonds is 7. The molecule has 2 rings (SSSR count). The van der Waals surface area contributed by atoms with Crippen molar-refractivity contribution in [3.63, 3.8) is 0 Å². The molecule has 0 saturated heterocycles. The Balaban J connectivity index is 1.85. The molecule has 7 heteroatoms. The van der Waals surface area contributed by atoms with E-state index in [0.717, 1.165) is 18.2 Å². The third-order valence-electron chi connectivity index (χ3n) is 4.08. The van der Waals surface area contributed by atoms with E-state index in [0.29, 0.717) is 18.4 Å². The first-order chi connectivity index (χ1) is 13.1. The summed E-state index contributed by atoms with van der Waals surface area (Å²) >= 11 is 0. The molecule has 0 fully saturated rings. The van der Waals surface area contributed by atoms with Crippen LogP contribution in [0.5, 0.6) is 0 Å². The minimum Gasteiger partial charge on any atom is -0.299 e. The van der Waals surface area contributed by atoms with Crippen molar-refractivity contribution >= 4 is 11.9 Å². The topological polar surface area (TPSA) is 17.1 Å². The fourth-order valence-electron chi connectivity index (χ4n) is 2.71. The molecule has 0 atom stereocenters. The molecule has 150 valence electrons. The van der Waals surface area contributed by atoms with Crippen LogP contribution in [-0.4, -0.2) is 5.78 Å². The monoisotopic (exact) mass is 400 g/mol. The number of hydrogen-bond acceptors (Lipinski definition) is 1. The smallest absolute Gasteiger partial charge is 0.299 e. The highest BCUT2D eigenvalue weighted by molar-refractivity contribution is 5.80. The molecule has 0 aliphatic rings. The number of allylic oxidation sites excluding steroid dienone is 1. The summed E-state index contributed by atoms with van der Waals surface area (Å²) in [6.07, 6.45) is -5.47. The first-order valence-corrected chi connectivity index (χ1v) is 8.58. The predicted molar refractivity (Wildman–Crippen MR) is 94.5 cm³/mol. The van der Waals surface area contributed by atoms with E-state index in [4.69, 9.17) is 0 Å². The van der Waals surface area contributed by atoms with Crippen LogP contribution >= 0.6 is 0 Å². The Morgan fingerprint density at radius 1 is 0.893 bits per heavy atom. The summed E-state index contributed by atoms with van der Waals surface area (Å²) in [4.78, 5) is 11.9. The number of halogens is 6. The molecule has 0 spiro atoms. The van der Waals surface area contributed by atoms with Gasteiger partial charge in [0.1, 0.15) is 5.78 Å². The lowest BCUT2D eigenvalue weighted by molar-refractivity contribution is -0.138. The van der Waals surface area contributed by atoms with Crippen molar-refractivity contribution in [2.45, 2.75) is 38.0 Å². The summed E-state index contributed by atoms with van der Waals surface area (Å²) in [5.74, 6) is -0.187. The lowest BCUT2D eigenvalue weighted by Gasteiger charge is -2.09. The highest BCUT2D eigenvalue weighted by atomic mass is 19.4. The zero-order valence-corrected chi connectivity index (χ0v) is 14.8. The van der Waals surface area contributed by atoms with Gasteiger partial charge in [0, 0.05) is 12.8 Å². The van der Waals surface area contributed by atoms with Gasteiger partial charge >= 0.3 is 12.4 Å². The van der Waals surface area contributed by atoms with Gasteiger partial charge in [0.15, 0.2) is 0 Å². The van der Waals surface area contributed by atoms with Crippen LogP contribution in [0, 0.1) is 0 Å². The molecule has 0 unspecified atom stereocenters. The van der Waals surface area contributed by atoms with Gasteiger partial charge < -0.3 is 0 Å². The number of aryl methyl sites for hydroxylation is 1. The zero-order chi connectivity index (χ0) is 20.8. The fraction of sp³-hybridized carbons (Fsp3) is 0.286. The third kappa shape index (κ3) is 6.55. The summed E-state index contributed by atoms with van der Waals surface area (Å²) in [5, 5.41) is 0. The number of benzene rings is 2. The van der Waals surface area contributed by atoms with Crippen molar-refractivity contribution in [1.82, 2.24) is 0 Å². The molecule has 0 aliphatic carbocycles. The average Bonchev–Trinajstić information content (AvgIpc) is 2.61. The molecule has 0 bridgehead atoms. The Labute approximate surface area is 158 Å². The molecular formula is C21H18F6O. The number of carbonyl (C=O) groups excluding carboxylic acids is 1. The molecule has 0 amide bonds. The van der Waals surface area contributed by atoms with Crippen LogP contribution in [0.3, 0.4) is 0 Å². The first-order valence-electron chi connectivity index (χ1n) is 8.58. The first kappa shape index (κ1) is 21.7.